The fourth-order valence-electron chi connectivity index (χ4n) is 6.35. The first kappa shape index (κ1) is 55.9. The van der Waals surface area contributed by atoms with Crippen LogP contribution in [0.5, 0.6) is 0 Å². The van der Waals surface area contributed by atoms with Crippen LogP contribution in [0.25, 0.3) is 0 Å². The molecule has 4 aliphatic rings. The summed E-state index contributed by atoms with van der Waals surface area (Å²) in [5, 5.41) is 84.7. The van der Waals surface area contributed by atoms with Gasteiger partial charge in [0.2, 0.25) is 12.0 Å². The van der Waals surface area contributed by atoms with Crippen molar-refractivity contribution < 1.29 is 161 Å². The molecular weight excluding hydrogens is 1040 g/mol. The lowest BCUT2D eigenvalue weighted by atomic mass is 9.95. The van der Waals surface area contributed by atoms with E-state index in [4.69, 9.17) is 37.7 Å². The third-order valence-electron chi connectivity index (χ3n) is 8.97. The first-order valence-corrected chi connectivity index (χ1v) is 24.2. The van der Waals surface area contributed by atoms with Gasteiger partial charge in [0, 0.05) is 0 Å². The molecule has 4 aliphatic heterocycles. The molecule has 66 heavy (non-hydrogen) atoms. The van der Waals surface area contributed by atoms with Crippen molar-refractivity contribution in [2.45, 2.75) is 110 Å². The van der Waals surface area contributed by atoms with Gasteiger partial charge in [0.05, 0.1) is 13.2 Å². The van der Waals surface area contributed by atoms with Gasteiger partial charge in [-0.2, -0.15) is 51.5 Å². The molecule has 0 radical (unpaired) electrons. The van der Waals surface area contributed by atoms with Crippen molar-refractivity contribution in [3.63, 3.8) is 0 Å². The summed E-state index contributed by atoms with van der Waals surface area (Å²) in [6.07, 6.45) is -41.1. The summed E-state index contributed by atoms with van der Waals surface area (Å²) in [4.78, 5) is 24.2. The summed E-state index contributed by atoms with van der Waals surface area (Å²) in [6.45, 7) is -3.05. The number of rotatable bonds is 20. The maximum absolute atomic E-state index is 12.5. The van der Waals surface area contributed by atoms with Crippen molar-refractivity contribution in [2.24, 2.45) is 0 Å². The maximum Gasteiger partial charge on any atom is 0.397 e. The molecule has 0 unspecified atom stereocenters. The molecule has 384 valence electrons. The second-order valence-electron chi connectivity index (χ2n) is 13.6. The Labute approximate surface area is 368 Å². The van der Waals surface area contributed by atoms with E-state index in [0.717, 1.165) is 0 Å². The quantitative estimate of drug-likeness (QED) is 0.0503. The monoisotopic (exact) mass is 1070 g/mol. The Morgan fingerprint density at radius 3 is 1.50 bits per heavy atom. The summed E-state index contributed by atoms with van der Waals surface area (Å²) >= 11 is 0. The van der Waals surface area contributed by atoms with Gasteiger partial charge >= 0.3 is 63.7 Å². The number of aliphatic hydroxyl groups excluding tert-OH is 6. The highest BCUT2D eigenvalue weighted by atomic mass is 32.3. The summed E-state index contributed by atoms with van der Waals surface area (Å²) in [5.41, 5.74) is 0. The van der Waals surface area contributed by atoms with Gasteiger partial charge < -0.3 is 74.0 Å². The van der Waals surface area contributed by atoms with Gasteiger partial charge in [-0.05, 0) is 6.08 Å². The standard InChI is InChI=1S/C24H38N2O35S5/c27-4-1-5(19(32)33)55-24(14(4)61-66(49,50)51)58-16-7(3-53-65(46,47)48)56-22(9(11(16)29)26-63(40,41)42)59-17-12(30)13(31)23(60-18(17)20(34)35)57-15-6(2-52-64(43,44)45)54-21(36)8(10(15)28)25-62(37,38)39/h1,4,6-18,21-31,36H,2-3H2,(H,32,33)(H,34,35)(H,37,38,39)(H,40,41,42)(H,43,44,45)(H,46,47,48)(H,49,50,51)/t4-,6+,7+,8+,9+,10+,11+,12+,13+,14+,15+,16+,17-,18-,21-,22+,23+,24-/m0/s1. The summed E-state index contributed by atoms with van der Waals surface area (Å²) in [6, 6.07) is -5.02. The van der Waals surface area contributed by atoms with Crippen LogP contribution in [0.3, 0.4) is 0 Å². The number of aliphatic hydroxyl groups is 6. The fraction of sp³-hybridized carbons (Fsp3) is 0.833. The van der Waals surface area contributed by atoms with E-state index in [1.54, 1.807) is 0 Å². The van der Waals surface area contributed by atoms with E-state index in [9.17, 15) is 111 Å². The van der Waals surface area contributed by atoms with Gasteiger partial charge in [-0.1, -0.05) is 0 Å². The highest BCUT2D eigenvalue weighted by Crippen LogP contribution is 2.35. The number of ether oxygens (including phenoxy) is 7. The van der Waals surface area contributed by atoms with E-state index in [-0.39, 0.29) is 0 Å². The van der Waals surface area contributed by atoms with Crippen LogP contribution in [0.2, 0.25) is 0 Å². The molecule has 0 saturated carbocycles. The summed E-state index contributed by atoms with van der Waals surface area (Å²) in [7, 11) is -27.6. The van der Waals surface area contributed by atoms with E-state index in [1.165, 1.54) is 9.44 Å². The van der Waals surface area contributed by atoms with E-state index < -0.39 is 193 Å². The molecule has 0 aromatic heterocycles. The van der Waals surface area contributed by atoms with Crippen LogP contribution in [0, 0.1) is 0 Å². The van der Waals surface area contributed by atoms with Gasteiger partial charge in [-0.15, -0.1) is 0 Å². The first-order valence-electron chi connectivity index (χ1n) is 17.2. The van der Waals surface area contributed by atoms with E-state index in [0.29, 0.717) is 6.08 Å². The second kappa shape index (κ2) is 21.1. The number of carboxylic acids is 2. The van der Waals surface area contributed by atoms with Crippen LogP contribution in [0.1, 0.15) is 0 Å². The molecule has 15 N–H and O–H groups in total. The molecule has 0 bridgehead atoms. The van der Waals surface area contributed by atoms with Crippen LogP contribution >= 0.6 is 0 Å². The largest absolute Gasteiger partial charge is 0.479 e. The number of carbonyl (C=O) groups is 2. The Morgan fingerprint density at radius 1 is 0.561 bits per heavy atom. The molecule has 42 heteroatoms. The van der Waals surface area contributed by atoms with Gasteiger partial charge in [-0.25, -0.2) is 22.1 Å². The molecule has 37 nitrogen and oxygen atoms in total. The van der Waals surface area contributed by atoms with Crippen molar-refractivity contribution >= 4 is 63.7 Å². The predicted molar refractivity (Wildman–Crippen MR) is 189 cm³/mol. The SMILES string of the molecule is O=C(O)C1=C[C@H](O)[C@@H](OS(=O)(=O)O)[C@H](O[C@H]2[C@H](O)[C@@H](NS(=O)(=O)O)[C@@H](O[C@H]3[C@H](O)[C@@H](O)[C@H](O[C@H]4[C@H](O)[C@@H](NS(=O)(=O)O)[C@@H](O)O[C@@H]4COS(=O)(=O)O)O[C@@H]3C(=O)O)O[C@@H]2COS(=O)(=O)O)O1. The molecule has 0 aromatic rings. The van der Waals surface area contributed by atoms with Crippen molar-refractivity contribution in [2.75, 3.05) is 13.2 Å². The van der Waals surface area contributed by atoms with Crippen LogP contribution < -0.4 is 9.44 Å². The van der Waals surface area contributed by atoms with Gasteiger partial charge in [0.15, 0.2) is 31.1 Å². The minimum Gasteiger partial charge on any atom is -0.479 e. The topological polar surface area (TPSA) is 584 Å². The van der Waals surface area contributed by atoms with Crippen molar-refractivity contribution in [1.82, 2.24) is 9.44 Å². The number of hydrogen-bond acceptors (Lipinski definition) is 28. The molecule has 0 spiro atoms. The minimum absolute atomic E-state index is 0.307. The predicted octanol–water partition coefficient (Wildman–Crippen LogP) is -10.1. The Bertz CT molecular complexity index is 2340. The maximum atomic E-state index is 12.5. The average Bonchev–Trinajstić information content (AvgIpc) is 3.14. The normalized spacial score (nSPS) is 38.5. The zero-order chi connectivity index (χ0) is 50.2. The molecule has 0 aliphatic carbocycles. The van der Waals surface area contributed by atoms with Crippen LogP contribution in [-0.2, 0) is 107 Å². The zero-order valence-corrected chi connectivity index (χ0v) is 35.8. The number of hydrogen-bond donors (Lipinski definition) is 15. The number of carboxylic acid groups (broad SMARTS) is 2. The molecule has 3 saturated heterocycles. The Hall–Kier alpha value is -2.65. The third kappa shape index (κ3) is 15.4. The molecule has 0 amide bonds. The Morgan fingerprint density at radius 2 is 1.03 bits per heavy atom. The zero-order valence-electron chi connectivity index (χ0n) is 31.7. The van der Waals surface area contributed by atoms with Gasteiger partial charge in [0.25, 0.3) is 0 Å². The Balaban J connectivity index is 1.71. The van der Waals surface area contributed by atoms with E-state index in [1.807, 2.05) is 0 Å². The van der Waals surface area contributed by atoms with E-state index in [2.05, 4.69) is 12.5 Å². The summed E-state index contributed by atoms with van der Waals surface area (Å²) in [5.74, 6) is -5.47. The number of aliphatic carboxylic acids is 2. The van der Waals surface area contributed by atoms with Crippen LogP contribution in [0.4, 0.5) is 0 Å². The first-order chi connectivity index (χ1) is 29.9. The Kier molecular flexibility index (Phi) is 17.9. The second-order valence-corrected chi connectivity index (χ2v) is 19.2. The molecule has 4 heterocycles. The average molecular weight is 1070 g/mol. The van der Waals surface area contributed by atoms with Crippen molar-refractivity contribution in [3.8, 4) is 0 Å². The van der Waals surface area contributed by atoms with Crippen molar-refractivity contribution in [3.05, 3.63) is 11.8 Å². The minimum atomic E-state index is -5.67. The van der Waals surface area contributed by atoms with Crippen LogP contribution in [0.15, 0.2) is 11.8 Å². The lowest BCUT2D eigenvalue weighted by Gasteiger charge is -2.49. The van der Waals surface area contributed by atoms with Crippen molar-refractivity contribution in [1.29, 1.82) is 0 Å². The smallest absolute Gasteiger partial charge is 0.397 e. The third-order valence-corrected chi connectivity index (χ3v) is 11.4. The molecule has 18 atom stereocenters. The van der Waals surface area contributed by atoms with Crippen LogP contribution in [-0.4, -0.2) is 241 Å². The van der Waals surface area contributed by atoms with Gasteiger partial charge in [0.1, 0.15) is 73.1 Å². The highest BCUT2D eigenvalue weighted by Gasteiger charge is 2.57. The highest BCUT2D eigenvalue weighted by molar-refractivity contribution is 7.84. The lowest BCUT2D eigenvalue weighted by Crippen LogP contribution is -2.70. The molecule has 0 aromatic carbocycles. The number of nitrogens with one attached hydrogen (secondary N) is 2. The molecule has 3 fully saturated rings. The van der Waals surface area contributed by atoms with Gasteiger partial charge in [-0.3, -0.25) is 22.8 Å². The molecule has 4 rings (SSSR count). The van der Waals surface area contributed by atoms with E-state index >= 15 is 0 Å². The fourth-order valence-corrected chi connectivity index (χ4v) is 8.65. The lowest BCUT2D eigenvalue weighted by molar-refractivity contribution is -0.364. The summed E-state index contributed by atoms with van der Waals surface area (Å²) < 4.78 is 214. The molecular formula is C24H38N2O35S5.